The van der Waals surface area contributed by atoms with E-state index in [0.717, 1.165) is 18.4 Å². The Morgan fingerprint density at radius 3 is 2.71 bits per heavy atom. The van der Waals surface area contributed by atoms with Crippen LogP contribution in [0.5, 0.6) is 5.75 Å². The highest BCUT2D eigenvalue weighted by Crippen LogP contribution is 2.34. The van der Waals surface area contributed by atoms with Crippen molar-refractivity contribution in [1.29, 1.82) is 0 Å². The van der Waals surface area contributed by atoms with Crippen LogP contribution < -0.4 is 4.74 Å². The highest BCUT2D eigenvalue weighted by atomic mass is 35.5. The summed E-state index contributed by atoms with van der Waals surface area (Å²) < 4.78 is 18.4. The van der Waals surface area contributed by atoms with Gasteiger partial charge in [-0.1, -0.05) is 32.6 Å². The van der Waals surface area contributed by atoms with Gasteiger partial charge >= 0.3 is 0 Å². The molecule has 1 atom stereocenters. The number of halogens is 2. The summed E-state index contributed by atoms with van der Waals surface area (Å²) in [7, 11) is 1.58. The molecular formula is C14H20ClFO. The van der Waals surface area contributed by atoms with Gasteiger partial charge in [-0.25, -0.2) is 4.39 Å². The first kappa shape index (κ1) is 14.3. The summed E-state index contributed by atoms with van der Waals surface area (Å²) in [5.41, 5.74) is 0.755. The molecule has 0 spiro atoms. The number of alkyl halides is 1. The molecule has 0 saturated carbocycles. The standard InChI is InChI=1S/C14H20ClFO/c1-3-4-5-6-7-13(15)12-10-11(16)8-9-14(12)17-2/h8-10,13H,3-7H2,1-2H3. The summed E-state index contributed by atoms with van der Waals surface area (Å²) in [5, 5.41) is -0.169. The number of methoxy groups -OCH3 is 1. The van der Waals surface area contributed by atoms with E-state index < -0.39 is 0 Å². The maximum absolute atomic E-state index is 13.2. The Labute approximate surface area is 108 Å². The van der Waals surface area contributed by atoms with Gasteiger partial charge in [0.15, 0.2) is 0 Å². The van der Waals surface area contributed by atoms with Gasteiger partial charge < -0.3 is 4.74 Å². The van der Waals surface area contributed by atoms with Crippen molar-refractivity contribution in [3.63, 3.8) is 0 Å². The highest BCUT2D eigenvalue weighted by molar-refractivity contribution is 6.21. The van der Waals surface area contributed by atoms with E-state index in [4.69, 9.17) is 16.3 Å². The first-order valence-corrected chi connectivity index (χ1v) is 6.60. The van der Waals surface area contributed by atoms with Crippen molar-refractivity contribution in [2.45, 2.75) is 44.4 Å². The number of benzene rings is 1. The minimum absolute atomic E-state index is 0.169. The molecule has 0 N–H and O–H groups in total. The van der Waals surface area contributed by atoms with Crippen LogP contribution in [0.3, 0.4) is 0 Å². The van der Waals surface area contributed by atoms with E-state index in [9.17, 15) is 4.39 Å². The van der Waals surface area contributed by atoms with Crippen LogP contribution in [0.1, 0.15) is 50.0 Å². The fourth-order valence-corrected chi connectivity index (χ4v) is 2.18. The van der Waals surface area contributed by atoms with Gasteiger partial charge in [0.05, 0.1) is 12.5 Å². The topological polar surface area (TPSA) is 9.23 Å². The number of hydrogen-bond donors (Lipinski definition) is 0. The molecule has 3 heteroatoms. The van der Waals surface area contributed by atoms with Crippen molar-refractivity contribution in [2.24, 2.45) is 0 Å². The van der Waals surface area contributed by atoms with Crippen molar-refractivity contribution < 1.29 is 9.13 Å². The summed E-state index contributed by atoms with van der Waals surface area (Å²) in [6.07, 6.45) is 5.54. The summed E-state index contributed by atoms with van der Waals surface area (Å²) in [5.74, 6) is 0.405. The molecule has 0 heterocycles. The fourth-order valence-electron chi connectivity index (χ4n) is 1.86. The molecule has 0 aliphatic carbocycles. The molecule has 1 aromatic rings. The van der Waals surface area contributed by atoms with Crippen molar-refractivity contribution in [3.05, 3.63) is 29.6 Å². The molecular weight excluding hydrogens is 239 g/mol. The minimum Gasteiger partial charge on any atom is -0.496 e. The van der Waals surface area contributed by atoms with Gasteiger partial charge in [0.2, 0.25) is 0 Å². The van der Waals surface area contributed by atoms with Crippen LogP contribution in [-0.2, 0) is 0 Å². The highest BCUT2D eigenvalue weighted by Gasteiger charge is 2.14. The minimum atomic E-state index is -0.264. The third-order valence-electron chi connectivity index (χ3n) is 2.84. The van der Waals surface area contributed by atoms with Crippen molar-refractivity contribution in [3.8, 4) is 5.75 Å². The second-order valence-electron chi connectivity index (χ2n) is 4.20. The third-order valence-corrected chi connectivity index (χ3v) is 3.29. The van der Waals surface area contributed by atoms with E-state index in [-0.39, 0.29) is 11.2 Å². The molecule has 1 unspecified atom stereocenters. The van der Waals surface area contributed by atoms with Gasteiger partial charge in [-0.3, -0.25) is 0 Å². The Morgan fingerprint density at radius 1 is 1.29 bits per heavy atom. The van der Waals surface area contributed by atoms with Crippen LogP contribution in [0.25, 0.3) is 0 Å². The molecule has 0 bridgehead atoms. The monoisotopic (exact) mass is 258 g/mol. The number of unbranched alkanes of at least 4 members (excludes halogenated alkanes) is 3. The SMILES string of the molecule is CCCCCCC(Cl)c1cc(F)ccc1OC. The second kappa shape index (κ2) is 7.54. The van der Waals surface area contributed by atoms with E-state index in [1.54, 1.807) is 13.2 Å². The van der Waals surface area contributed by atoms with Crippen LogP contribution in [-0.4, -0.2) is 7.11 Å². The summed E-state index contributed by atoms with van der Waals surface area (Å²) in [4.78, 5) is 0. The van der Waals surface area contributed by atoms with E-state index in [1.165, 1.54) is 31.4 Å². The lowest BCUT2D eigenvalue weighted by molar-refractivity contribution is 0.406. The molecule has 96 valence electrons. The maximum Gasteiger partial charge on any atom is 0.123 e. The van der Waals surface area contributed by atoms with Crippen LogP contribution in [0.15, 0.2) is 18.2 Å². The Morgan fingerprint density at radius 2 is 2.06 bits per heavy atom. The zero-order valence-electron chi connectivity index (χ0n) is 10.5. The van der Waals surface area contributed by atoms with Gasteiger partial charge in [0.1, 0.15) is 11.6 Å². The van der Waals surface area contributed by atoms with Crippen LogP contribution in [0.2, 0.25) is 0 Å². The molecule has 0 fully saturated rings. The first-order chi connectivity index (χ1) is 8.19. The summed E-state index contributed by atoms with van der Waals surface area (Å²) in [6.45, 7) is 2.17. The van der Waals surface area contributed by atoms with Crippen LogP contribution >= 0.6 is 11.6 Å². The predicted molar refractivity (Wildman–Crippen MR) is 70.3 cm³/mol. The summed E-state index contributed by atoms with van der Waals surface area (Å²) in [6, 6.07) is 4.49. The van der Waals surface area contributed by atoms with Crippen molar-refractivity contribution >= 4 is 11.6 Å². The summed E-state index contributed by atoms with van der Waals surface area (Å²) >= 11 is 6.29. The fraction of sp³-hybridized carbons (Fsp3) is 0.571. The predicted octanol–water partition coefficient (Wildman–Crippen LogP) is 5.08. The Balaban J connectivity index is 2.60. The zero-order chi connectivity index (χ0) is 12.7. The molecule has 17 heavy (non-hydrogen) atoms. The van der Waals surface area contributed by atoms with Crippen LogP contribution in [0.4, 0.5) is 4.39 Å². The van der Waals surface area contributed by atoms with E-state index in [2.05, 4.69) is 6.92 Å². The average molecular weight is 259 g/mol. The molecule has 0 amide bonds. The lowest BCUT2D eigenvalue weighted by atomic mass is 10.0. The Bertz CT molecular complexity index is 341. The average Bonchev–Trinajstić information content (AvgIpc) is 2.34. The molecule has 1 aromatic carbocycles. The van der Waals surface area contributed by atoms with Gasteiger partial charge in [-0.15, -0.1) is 11.6 Å². The lowest BCUT2D eigenvalue weighted by Crippen LogP contribution is -1.97. The van der Waals surface area contributed by atoms with Gasteiger partial charge in [0, 0.05) is 5.56 Å². The van der Waals surface area contributed by atoms with Crippen LogP contribution in [0, 0.1) is 5.82 Å². The van der Waals surface area contributed by atoms with E-state index >= 15 is 0 Å². The largest absolute Gasteiger partial charge is 0.496 e. The molecule has 0 aliphatic rings. The van der Waals surface area contributed by atoms with Gasteiger partial charge in [-0.05, 0) is 24.6 Å². The third kappa shape index (κ3) is 4.55. The van der Waals surface area contributed by atoms with E-state index in [0.29, 0.717) is 5.75 Å². The number of rotatable bonds is 7. The van der Waals surface area contributed by atoms with E-state index in [1.807, 2.05) is 0 Å². The molecule has 0 saturated heterocycles. The lowest BCUT2D eigenvalue weighted by Gasteiger charge is -2.14. The molecule has 1 rings (SSSR count). The smallest absolute Gasteiger partial charge is 0.123 e. The van der Waals surface area contributed by atoms with Crippen molar-refractivity contribution in [2.75, 3.05) is 7.11 Å². The molecule has 0 aromatic heterocycles. The number of hydrogen-bond acceptors (Lipinski definition) is 1. The molecule has 1 nitrogen and oxygen atoms in total. The second-order valence-corrected chi connectivity index (χ2v) is 4.73. The maximum atomic E-state index is 13.2. The van der Waals surface area contributed by atoms with Gasteiger partial charge in [0.25, 0.3) is 0 Å². The quantitative estimate of drug-likeness (QED) is 0.489. The van der Waals surface area contributed by atoms with Gasteiger partial charge in [-0.2, -0.15) is 0 Å². The number of ether oxygens (including phenoxy) is 1. The zero-order valence-corrected chi connectivity index (χ0v) is 11.3. The normalized spacial score (nSPS) is 12.5. The molecule has 0 aliphatic heterocycles. The Kier molecular flexibility index (Phi) is 6.35. The Hall–Kier alpha value is -0.760. The van der Waals surface area contributed by atoms with Crippen molar-refractivity contribution in [1.82, 2.24) is 0 Å². The first-order valence-electron chi connectivity index (χ1n) is 6.16. The molecule has 0 radical (unpaired) electrons.